The first-order valence-electron chi connectivity index (χ1n) is 3.94. The zero-order chi connectivity index (χ0) is 8.74. The molecular weight excluding hydrogens is 178 g/mol. The molecule has 0 aliphatic carbocycles. The zero-order valence-corrected chi connectivity index (χ0v) is 8.80. The molecule has 3 nitrogen and oxygen atoms in total. The highest BCUT2D eigenvalue weighted by atomic mass is 35.5. The van der Waals surface area contributed by atoms with E-state index in [1.54, 1.807) is 6.08 Å². The third-order valence-electron chi connectivity index (χ3n) is 1.27. The summed E-state index contributed by atoms with van der Waals surface area (Å²) in [6.45, 7) is 9.48. The molecule has 4 heteroatoms. The lowest BCUT2D eigenvalue weighted by molar-refractivity contribution is -1.23. The van der Waals surface area contributed by atoms with Crippen molar-refractivity contribution in [1.29, 1.82) is 0 Å². The second-order valence-corrected chi connectivity index (χ2v) is 2.32. The van der Waals surface area contributed by atoms with E-state index in [4.69, 9.17) is 9.68 Å². The third-order valence-corrected chi connectivity index (χ3v) is 1.27. The predicted molar refractivity (Wildman–Crippen MR) is 44.5 cm³/mol. The highest BCUT2D eigenvalue weighted by Gasteiger charge is 2.21. The van der Waals surface area contributed by atoms with E-state index in [1.807, 2.05) is 20.9 Å². The number of likely N-dealkylation sites (N-methyl/N-ethyl adjacent to an activating group) is 1. The van der Waals surface area contributed by atoms with Gasteiger partial charge in [-0.2, -0.15) is 9.68 Å². The first-order chi connectivity index (χ1) is 5.18. The van der Waals surface area contributed by atoms with Crippen LogP contribution in [0.2, 0.25) is 0 Å². The molecule has 0 aromatic rings. The minimum absolute atomic E-state index is 0. The maximum atomic E-state index is 5.35. The summed E-state index contributed by atoms with van der Waals surface area (Å²) in [5, 5.41) is 0. The maximum Gasteiger partial charge on any atom is 0.160 e. The molecule has 74 valence electrons. The Hall–Kier alpha value is -0.0900. The fourth-order valence-corrected chi connectivity index (χ4v) is 0.923. The summed E-state index contributed by atoms with van der Waals surface area (Å²) in [6, 6.07) is 0. The summed E-state index contributed by atoms with van der Waals surface area (Å²) in [7, 11) is 1.87. The van der Waals surface area contributed by atoms with Crippen LogP contribution < -0.4 is 12.4 Å². The van der Waals surface area contributed by atoms with E-state index in [-0.39, 0.29) is 17.2 Å². The van der Waals surface area contributed by atoms with Gasteiger partial charge in [-0.25, -0.2) is 0 Å². The van der Waals surface area contributed by atoms with E-state index in [2.05, 4.69) is 6.58 Å². The zero-order valence-electron chi connectivity index (χ0n) is 8.05. The minimum Gasteiger partial charge on any atom is -1.00 e. The molecule has 12 heavy (non-hydrogen) atoms. The Kier molecular flexibility index (Phi) is 9.09. The monoisotopic (exact) mass is 195 g/mol. The van der Waals surface area contributed by atoms with Crippen molar-refractivity contribution in [2.75, 3.05) is 26.8 Å². The highest BCUT2D eigenvalue weighted by Crippen LogP contribution is 2.04. The van der Waals surface area contributed by atoms with Crippen molar-refractivity contribution in [3.8, 4) is 0 Å². The summed E-state index contributed by atoms with van der Waals surface area (Å²) in [4.78, 5) is 10.9. The van der Waals surface area contributed by atoms with Crippen LogP contribution in [0.15, 0.2) is 12.7 Å². The Balaban J connectivity index is 0. The summed E-state index contributed by atoms with van der Waals surface area (Å²) in [5.41, 5.74) is 0. The lowest BCUT2D eigenvalue weighted by atomic mass is 10.6. The molecule has 0 rings (SSSR count). The van der Waals surface area contributed by atoms with Crippen LogP contribution in [0.1, 0.15) is 13.8 Å². The lowest BCUT2D eigenvalue weighted by Crippen LogP contribution is -3.00. The predicted octanol–water partition coefficient (Wildman–Crippen LogP) is -1.47. The molecule has 0 fully saturated rings. The van der Waals surface area contributed by atoms with Crippen molar-refractivity contribution in [3.05, 3.63) is 12.7 Å². The van der Waals surface area contributed by atoms with Crippen molar-refractivity contribution in [3.63, 3.8) is 0 Å². The normalized spacial score (nSPS) is 10.6. The fourth-order valence-electron chi connectivity index (χ4n) is 0.923. The van der Waals surface area contributed by atoms with E-state index in [9.17, 15) is 0 Å². The topological polar surface area (TPSA) is 18.5 Å². The Labute approximate surface area is 80.9 Å². The van der Waals surface area contributed by atoms with E-state index < -0.39 is 0 Å². The van der Waals surface area contributed by atoms with Crippen molar-refractivity contribution in [1.82, 2.24) is 0 Å². The van der Waals surface area contributed by atoms with Crippen LogP contribution in [0.25, 0.3) is 0 Å². The minimum atomic E-state index is 0. The van der Waals surface area contributed by atoms with Gasteiger partial charge in [-0.15, -0.1) is 0 Å². The number of halogens is 1. The Morgan fingerprint density at radius 1 is 1.25 bits per heavy atom. The van der Waals surface area contributed by atoms with Crippen LogP contribution in [0.4, 0.5) is 0 Å². The number of hydrogen-bond acceptors (Lipinski definition) is 2. The largest absolute Gasteiger partial charge is 1.00 e. The van der Waals surface area contributed by atoms with Crippen LogP contribution in [0.3, 0.4) is 0 Å². The van der Waals surface area contributed by atoms with Crippen LogP contribution in [0.5, 0.6) is 0 Å². The number of hydroxylamine groups is 4. The van der Waals surface area contributed by atoms with Gasteiger partial charge < -0.3 is 12.4 Å². The first-order valence-corrected chi connectivity index (χ1v) is 3.94. The molecule has 0 N–H and O–H groups in total. The fraction of sp³-hybridized carbons (Fsp3) is 0.750. The summed E-state index contributed by atoms with van der Waals surface area (Å²) < 4.78 is 0. The van der Waals surface area contributed by atoms with Gasteiger partial charge in [0.25, 0.3) is 0 Å². The van der Waals surface area contributed by atoms with Crippen LogP contribution in [-0.2, 0) is 9.68 Å². The van der Waals surface area contributed by atoms with Gasteiger partial charge in [-0.1, -0.05) is 6.58 Å². The average Bonchev–Trinajstić information content (AvgIpc) is 1.88. The van der Waals surface area contributed by atoms with Crippen molar-refractivity contribution >= 4 is 0 Å². The molecule has 0 spiro atoms. The Morgan fingerprint density at radius 3 is 1.92 bits per heavy atom. The molecule has 0 unspecified atom stereocenters. The van der Waals surface area contributed by atoms with Gasteiger partial charge in [-0.3, -0.25) is 0 Å². The Morgan fingerprint density at radius 2 is 1.67 bits per heavy atom. The molecule has 0 saturated carbocycles. The van der Waals surface area contributed by atoms with Crippen molar-refractivity contribution in [2.45, 2.75) is 13.8 Å². The van der Waals surface area contributed by atoms with Gasteiger partial charge in [0.2, 0.25) is 0 Å². The molecule has 0 saturated heterocycles. The van der Waals surface area contributed by atoms with Crippen LogP contribution in [-0.4, -0.2) is 31.6 Å². The molecule has 0 amide bonds. The van der Waals surface area contributed by atoms with E-state index in [0.29, 0.717) is 19.8 Å². The molecule has 0 aromatic heterocycles. The SMILES string of the molecule is C=CC[N+](C)(OCC)OCC.[Cl-]. The molecular formula is C8H18ClNO2. The molecule has 0 atom stereocenters. The summed E-state index contributed by atoms with van der Waals surface area (Å²) in [6.07, 6.45) is 1.78. The summed E-state index contributed by atoms with van der Waals surface area (Å²) >= 11 is 0. The average molecular weight is 196 g/mol. The maximum absolute atomic E-state index is 5.35. The lowest BCUT2D eigenvalue weighted by Gasteiger charge is -2.26. The van der Waals surface area contributed by atoms with Crippen molar-refractivity contribution in [2.24, 2.45) is 0 Å². The quantitative estimate of drug-likeness (QED) is 0.293. The van der Waals surface area contributed by atoms with E-state index >= 15 is 0 Å². The van der Waals surface area contributed by atoms with Crippen LogP contribution in [0, 0.1) is 0 Å². The summed E-state index contributed by atoms with van der Waals surface area (Å²) in [5.74, 6) is 0. The molecule has 0 aliphatic rings. The van der Waals surface area contributed by atoms with Gasteiger partial charge >= 0.3 is 0 Å². The first kappa shape index (κ1) is 14.4. The van der Waals surface area contributed by atoms with Gasteiger partial charge in [-0.05, 0) is 24.7 Å². The molecule has 0 bridgehead atoms. The van der Waals surface area contributed by atoms with Crippen molar-refractivity contribution < 1.29 is 26.9 Å². The van der Waals surface area contributed by atoms with Gasteiger partial charge in [0.15, 0.2) is 6.54 Å². The molecule has 0 radical (unpaired) electrons. The van der Waals surface area contributed by atoms with Gasteiger partial charge in [0.1, 0.15) is 20.3 Å². The second kappa shape index (κ2) is 7.55. The number of hydrogen-bond donors (Lipinski definition) is 0. The van der Waals surface area contributed by atoms with Gasteiger partial charge in [0, 0.05) is 0 Å². The highest BCUT2D eigenvalue weighted by molar-refractivity contribution is 4.62. The van der Waals surface area contributed by atoms with Gasteiger partial charge in [0.05, 0.1) is 0 Å². The smallest absolute Gasteiger partial charge is 0.160 e. The van der Waals surface area contributed by atoms with E-state index in [1.165, 1.54) is 0 Å². The molecule has 0 aromatic carbocycles. The molecule has 0 heterocycles. The van der Waals surface area contributed by atoms with Crippen LogP contribution >= 0.6 is 0 Å². The number of nitrogens with zero attached hydrogens (tertiary/aromatic N) is 1. The third kappa shape index (κ3) is 5.55. The standard InChI is InChI=1S/C8H18NO2.ClH/c1-5-8-9(4,10-6-2)11-7-3;/h5H,1,6-8H2,2-4H3;1H/q+1;/p-1. The number of rotatable bonds is 6. The molecule has 0 aliphatic heterocycles. The van der Waals surface area contributed by atoms with E-state index in [0.717, 1.165) is 0 Å². The Bertz CT molecular complexity index is 114. The number of quaternary nitrogens is 1. The second-order valence-electron chi connectivity index (χ2n) is 2.32.